The Bertz CT molecular complexity index is 871. The predicted octanol–water partition coefficient (Wildman–Crippen LogP) is 3.23. The standard InChI is InChI=1S/C20H24N2O4S/c1-15-6-8-17(9-7-15)22-27(24,25)19-12-10-18(11-13-19)26-14-20(23)21-16-4-2-3-5-16/h6-13,16,22H,2-5,14H2,1H3,(H,21,23). The van der Waals surface area contributed by atoms with Gasteiger partial charge in [0.1, 0.15) is 5.75 Å². The van der Waals surface area contributed by atoms with E-state index in [1.165, 1.54) is 12.1 Å². The molecule has 2 aromatic carbocycles. The van der Waals surface area contributed by atoms with Gasteiger partial charge < -0.3 is 10.1 Å². The average Bonchev–Trinajstić information content (AvgIpc) is 3.15. The first-order valence-electron chi connectivity index (χ1n) is 9.04. The van der Waals surface area contributed by atoms with Gasteiger partial charge in [-0.2, -0.15) is 0 Å². The second-order valence-corrected chi connectivity index (χ2v) is 8.46. The first-order chi connectivity index (χ1) is 12.9. The Morgan fingerprint density at radius 1 is 1.04 bits per heavy atom. The molecule has 1 aliphatic rings. The maximum Gasteiger partial charge on any atom is 0.261 e. The number of sulfonamides is 1. The maximum atomic E-state index is 12.4. The fourth-order valence-electron chi connectivity index (χ4n) is 3.04. The molecule has 0 aliphatic heterocycles. The second-order valence-electron chi connectivity index (χ2n) is 6.78. The highest BCUT2D eigenvalue weighted by atomic mass is 32.2. The van der Waals surface area contributed by atoms with Gasteiger partial charge in [0.25, 0.3) is 15.9 Å². The SMILES string of the molecule is Cc1ccc(NS(=O)(=O)c2ccc(OCC(=O)NC3CCCC3)cc2)cc1. The molecule has 2 N–H and O–H groups in total. The first-order valence-corrected chi connectivity index (χ1v) is 10.5. The van der Waals surface area contributed by atoms with Gasteiger partial charge in [-0.25, -0.2) is 8.42 Å². The number of ether oxygens (including phenoxy) is 1. The third kappa shape index (κ3) is 5.47. The summed E-state index contributed by atoms with van der Waals surface area (Å²) in [6.45, 7) is 1.86. The van der Waals surface area contributed by atoms with Crippen LogP contribution in [0.5, 0.6) is 5.75 Å². The van der Waals surface area contributed by atoms with Crippen molar-refractivity contribution in [2.24, 2.45) is 0 Å². The van der Waals surface area contributed by atoms with Crippen LogP contribution in [0.1, 0.15) is 31.2 Å². The van der Waals surface area contributed by atoms with Gasteiger partial charge in [0.05, 0.1) is 4.90 Å². The number of aryl methyl sites for hydroxylation is 1. The Labute approximate surface area is 160 Å². The molecular weight excluding hydrogens is 364 g/mol. The quantitative estimate of drug-likeness (QED) is 0.763. The lowest BCUT2D eigenvalue weighted by Gasteiger charge is -2.13. The van der Waals surface area contributed by atoms with E-state index in [1.807, 2.05) is 19.1 Å². The van der Waals surface area contributed by atoms with Gasteiger partial charge in [0.2, 0.25) is 0 Å². The third-order valence-electron chi connectivity index (χ3n) is 4.53. The Morgan fingerprint density at radius 2 is 1.67 bits per heavy atom. The van der Waals surface area contributed by atoms with Crippen molar-refractivity contribution in [1.82, 2.24) is 5.32 Å². The number of nitrogens with one attached hydrogen (secondary N) is 2. The summed E-state index contributed by atoms with van der Waals surface area (Å²) >= 11 is 0. The molecule has 0 radical (unpaired) electrons. The van der Waals surface area contributed by atoms with E-state index in [4.69, 9.17) is 4.74 Å². The summed E-state index contributed by atoms with van der Waals surface area (Å²) in [6.07, 6.45) is 4.34. The van der Waals surface area contributed by atoms with E-state index in [-0.39, 0.29) is 23.5 Å². The van der Waals surface area contributed by atoms with Gasteiger partial charge in [-0.15, -0.1) is 0 Å². The van der Waals surface area contributed by atoms with Crippen LogP contribution in [0.4, 0.5) is 5.69 Å². The van der Waals surface area contributed by atoms with Gasteiger partial charge in [-0.3, -0.25) is 9.52 Å². The van der Waals surface area contributed by atoms with Crippen LogP contribution in [-0.2, 0) is 14.8 Å². The predicted molar refractivity (Wildman–Crippen MR) is 104 cm³/mol. The first kappa shape index (κ1) is 19.2. The van der Waals surface area contributed by atoms with Crippen molar-refractivity contribution in [1.29, 1.82) is 0 Å². The number of anilines is 1. The molecule has 6 nitrogen and oxygen atoms in total. The van der Waals surface area contributed by atoms with Crippen LogP contribution in [-0.4, -0.2) is 27.0 Å². The van der Waals surface area contributed by atoms with Crippen molar-refractivity contribution in [2.75, 3.05) is 11.3 Å². The molecule has 0 heterocycles. The molecule has 1 aliphatic carbocycles. The van der Waals surface area contributed by atoms with E-state index in [0.29, 0.717) is 11.4 Å². The zero-order valence-corrected chi connectivity index (χ0v) is 16.1. The maximum absolute atomic E-state index is 12.4. The van der Waals surface area contributed by atoms with Crippen LogP contribution >= 0.6 is 0 Å². The van der Waals surface area contributed by atoms with Gasteiger partial charge >= 0.3 is 0 Å². The number of hydrogen-bond acceptors (Lipinski definition) is 4. The normalized spacial score (nSPS) is 14.7. The van der Waals surface area contributed by atoms with Crippen molar-refractivity contribution in [3.8, 4) is 5.75 Å². The van der Waals surface area contributed by atoms with Crippen molar-refractivity contribution < 1.29 is 17.9 Å². The van der Waals surface area contributed by atoms with Crippen LogP contribution in [0.3, 0.4) is 0 Å². The zero-order chi connectivity index (χ0) is 19.3. The summed E-state index contributed by atoms with van der Waals surface area (Å²) in [7, 11) is -3.67. The van der Waals surface area contributed by atoms with E-state index in [0.717, 1.165) is 31.2 Å². The summed E-state index contributed by atoms with van der Waals surface area (Å²) in [5.74, 6) is 0.297. The van der Waals surface area contributed by atoms with Crippen molar-refractivity contribution >= 4 is 21.6 Å². The lowest BCUT2D eigenvalue weighted by Crippen LogP contribution is -2.36. The van der Waals surface area contributed by atoms with Gasteiger partial charge in [-0.05, 0) is 56.2 Å². The molecule has 1 amide bonds. The fraction of sp³-hybridized carbons (Fsp3) is 0.350. The van der Waals surface area contributed by atoms with Gasteiger partial charge in [0, 0.05) is 11.7 Å². The van der Waals surface area contributed by atoms with Crippen molar-refractivity contribution in [3.05, 3.63) is 54.1 Å². The molecule has 27 heavy (non-hydrogen) atoms. The summed E-state index contributed by atoms with van der Waals surface area (Å²) in [4.78, 5) is 12.0. The number of hydrogen-bond donors (Lipinski definition) is 2. The minimum atomic E-state index is -3.67. The lowest BCUT2D eigenvalue weighted by atomic mass is 10.2. The Hall–Kier alpha value is -2.54. The van der Waals surface area contributed by atoms with Crippen molar-refractivity contribution in [3.63, 3.8) is 0 Å². The second kappa shape index (κ2) is 8.43. The number of benzene rings is 2. The summed E-state index contributed by atoms with van der Waals surface area (Å²) < 4.78 is 32.9. The van der Waals surface area contributed by atoms with E-state index >= 15 is 0 Å². The average molecular weight is 388 g/mol. The lowest BCUT2D eigenvalue weighted by molar-refractivity contribution is -0.123. The molecule has 3 rings (SSSR count). The van der Waals surface area contributed by atoms with Crippen LogP contribution in [0.15, 0.2) is 53.4 Å². The molecule has 0 atom stereocenters. The molecule has 0 unspecified atom stereocenters. The summed E-state index contributed by atoms with van der Waals surface area (Å²) in [5.41, 5.74) is 1.56. The molecule has 0 saturated heterocycles. The highest BCUT2D eigenvalue weighted by molar-refractivity contribution is 7.92. The smallest absolute Gasteiger partial charge is 0.261 e. The number of amides is 1. The molecule has 2 aromatic rings. The molecule has 0 aromatic heterocycles. The Kier molecular flexibility index (Phi) is 6.01. The molecule has 1 fully saturated rings. The molecule has 7 heteroatoms. The van der Waals surface area contributed by atoms with Crippen LogP contribution in [0.2, 0.25) is 0 Å². The van der Waals surface area contributed by atoms with Crippen molar-refractivity contribution in [2.45, 2.75) is 43.5 Å². The largest absolute Gasteiger partial charge is 0.484 e. The summed E-state index contributed by atoms with van der Waals surface area (Å²) in [6, 6.07) is 13.4. The monoisotopic (exact) mass is 388 g/mol. The molecular formula is C20H24N2O4S. The minimum Gasteiger partial charge on any atom is -0.484 e. The van der Waals surface area contributed by atoms with Crippen LogP contribution in [0, 0.1) is 6.92 Å². The topological polar surface area (TPSA) is 84.5 Å². The molecule has 0 bridgehead atoms. The molecule has 144 valence electrons. The van der Waals surface area contributed by atoms with E-state index in [1.54, 1.807) is 24.3 Å². The summed E-state index contributed by atoms with van der Waals surface area (Å²) in [5, 5.41) is 2.95. The van der Waals surface area contributed by atoms with E-state index in [2.05, 4.69) is 10.0 Å². The number of rotatable bonds is 7. The van der Waals surface area contributed by atoms with Crippen LogP contribution in [0.25, 0.3) is 0 Å². The molecule has 1 saturated carbocycles. The third-order valence-corrected chi connectivity index (χ3v) is 5.93. The number of carbonyl (C=O) groups excluding carboxylic acids is 1. The minimum absolute atomic E-state index is 0.0792. The Balaban J connectivity index is 1.55. The zero-order valence-electron chi connectivity index (χ0n) is 15.3. The van der Waals surface area contributed by atoms with E-state index in [9.17, 15) is 13.2 Å². The van der Waals surface area contributed by atoms with Gasteiger partial charge in [0.15, 0.2) is 6.61 Å². The molecule has 0 spiro atoms. The Morgan fingerprint density at radius 3 is 2.30 bits per heavy atom. The highest BCUT2D eigenvalue weighted by Crippen LogP contribution is 2.20. The van der Waals surface area contributed by atoms with E-state index < -0.39 is 10.0 Å². The number of carbonyl (C=O) groups is 1. The van der Waals surface area contributed by atoms with Gasteiger partial charge in [-0.1, -0.05) is 30.5 Å². The van der Waals surface area contributed by atoms with Crippen LogP contribution < -0.4 is 14.8 Å². The highest BCUT2D eigenvalue weighted by Gasteiger charge is 2.17. The fourth-order valence-corrected chi connectivity index (χ4v) is 4.10.